The molecule has 1 heteroatoms. The molecule has 0 spiro atoms. The summed E-state index contributed by atoms with van der Waals surface area (Å²) in [5, 5.41) is 0. The summed E-state index contributed by atoms with van der Waals surface area (Å²) in [6.45, 7) is 11.9. The van der Waals surface area contributed by atoms with Crippen molar-refractivity contribution in [3.8, 4) is 0 Å². The lowest BCUT2D eigenvalue weighted by atomic mass is 10.0. The van der Waals surface area contributed by atoms with Crippen LogP contribution in [0, 0.1) is 11.8 Å². The molecule has 0 aromatic rings. The van der Waals surface area contributed by atoms with Gasteiger partial charge in [0.05, 0.1) is 0 Å². The molecule has 0 N–H and O–H groups in total. The SMILES string of the molecule is CCCCC(CC)CP(CC)CC(CC)CCCC. The van der Waals surface area contributed by atoms with Gasteiger partial charge in [0.25, 0.3) is 0 Å². The van der Waals surface area contributed by atoms with E-state index in [1.807, 2.05) is 0 Å². The zero-order valence-corrected chi connectivity index (χ0v) is 15.3. The standard InChI is InChI=1S/C18H39P/c1-6-11-13-17(8-3)15-19(10-5)16-18(9-4)14-12-7-2/h17-18H,6-16H2,1-5H3. The summed E-state index contributed by atoms with van der Waals surface area (Å²) in [6, 6.07) is 0. The fraction of sp³-hybridized carbons (Fsp3) is 1.00. The van der Waals surface area contributed by atoms with E-state index in [0.29, 0.717) is 7.92 Å². The lowest BCUT2D eigenvalue weighted by Crippen LogP contribution is -2.11. The van der Waals surface area contributed by atoms with Crippen molar-refractivity contribution in [2.75, 3.05) is 18.5 Å². The monoisotopic (exact) mass is 286 g/mol. The molecule has 0 saturated carbocycles. The molecule has 2 unspecified atom stereocenters. The van der Waals surface area contributed by atoms with E-state index in [1.54, 1.807) is 12.3 Å². The van der Waals surface area contributed by atoms with Gasteiger partial charge in [0.1, 0.15) is 0 Å². The number of hydrogen-bond donors (Lipinski definition) is 0. The molecule has 0 aliphatic rings. The Morgan fingerprint density at radius 3 is 1.37 bits per heavy atom. The molecule has 2 atom stereocenters. The second kappa shape index (κ2) is 13.4. The fourth-order valence-corrected chi connectivity index (χ4v) is 5.91. The second-order valence-corrected chi connectivity index (χ2v) is 8.89. The van der Waals surface area contributed by atoms with E-state index < -0.39 is 0 Å². The van der Waals surface area contributed by atoms with Gasteiger partial charge in [-0.3, -0.25) is 0 Å². The maximum atomic E-state index is 2.44. The molecule has 0 heterocycles. The summed E-state index contributed by atoms with van der Waals surface area (Å²) in [4.78, 5) is 0. The highest BCUT2D eigenvalue weighted by Gasteiger charge is 2.17. The smallest absolute Gasteiger partial charge is 0.0297 e. The summed E-state index contributed by atoms with van der Waals surface area (Å²) in [6.07, 6.45) is 16.0. The molecule has 0 rings (SSSR count). The minimum absolute atomic E-state index is 0.318. The quantitative estimate of drug-likeness (QED) is 0.322. The van der Waals surface area contributed by atoms with Crippen LogP contribution in [0.25, 0.3) is 0 Å². The van der Waals surface area contributed by atoms with Gasteiger partial charge in [-0.1, -0.05) is 86.0 Å². The summed E-state index contributed by atoms with van der Waals surface area (Å²) in [7, 11) is 0.318. The van der Waals surface area contributed by atoms with Gasteiger partial charge in [-0.05, 0) is 30.3 Å². The van der Waals surface area contributed by atoms with E-state index in [-0.39, 0.29) is 0 Å². The first-order valence-electron chi connectivity index (χ1n) is 8.93. The van der Waals surface area contributed by atoms with Crippen LogP contribution in [0.15, 0.2) is 0 Å². The average Bonchev–Trinajstić information content (AvgIpc) is 2.45. The second-order valence-electron chi connectivity index (χ2n) is 6.19. The maximum Gasteiger partial charge on any atom is -0.0297 e. The predicted molar refractivity (Wildman–Crippen MR) is 93.8 cm³/mol. The number of rotatable bonds is 13. The largest absolute Gasteiger partial charge is 0.106 e. The van der Waals surface area contributed by atoms with Crippen LogP contribution >= 0.6 is 7.92 Å². The van der Waals surface area contributed by atoms with Gasteiger partial charge in [-0.25, -0.2) is 0 Å². The minimum atomic E-state index is 0.318. The van der Waals surface area contributed by atoms with Crippen molar-refractivity contribution >= 4 is 7.92 Å². The van der Waals surface area contributed by atoms with Crippen molar-refractivity contribution in [2.45, 2.75) is 86.0 Å². The molecular weight excluding hydrogens is 247 g/mol. The molecule has 0 saturated heterocycles. The topological polar surface area (TPSA) is 0 Å². The molecule has 0 radical (unpaired) electrons. The van der Waals surface area contributed by atoms with Gasteiger partial charge in [-0.15, -0.1) is 7.92 Å². The van der Waals surface area contributed by atoms with E-state index in [2.05, 4.69) is 34.6 Å². The molecule has 0 aromatic carbocycles. The Labute approximate surface area is 124 Å². The Balaban J connectivity index is 4.14. The minimum Gasteiger partial charge on any atom is -0.106 e. The molecular formula is C18H39P. The van der Waals surface area contributed by atoms with Crippen molar-refractivity contribution in [1.82, 2.24) is 0 Å². The molecule has 0 fully saturated rings. The van der Waals surface area contributed by atoms with Gasteiger partial charge >= 0.3 is 0 Å². The Kier molecular flexibility index (Phi) is 13.7. The van der Waals surface area contributed by atoms with E-state index in [1.165, 1.54) is 57.5 Å². The number of unbranched alkanes of at least 4 members (excludes halogenated alkanes) is 2. The Bertz CT molecular complexity index is 161. The lowest BCUT2D eigenvalue weighted by molar-refractivity contribution is 0.484. The van der Waals surface area contributed by atoms with Crippen molar-refractivity contribution in [3.05, 3.63) is 0 Å². The summed E-state index contributed by atoms with van der Waals surface area (Å²) < 4.78 is 0. The highest BCUT2D eigenvalue weighted by molar-refractivity contribution is 7.57. The first-order valence-corrected chi connectivity index (χ1v) is 10.8. The van der Waals surface area contributed by atoms with Crippen molar-refractivity contribution < 1.29 is 0 Å². The predicted octanol–water partition coefficient (Wildman–Crippen LogP) is 6.92. The molecule has 0 aliphatic heterocycles. The van der Waals surface area contributed by atoms with Crippen LogP contribution < -0.4 is 0 Å². The van der Waals surface area contributed by atoms with Gasteiger partial charge < -0.3 is 0 Å². The van der Waals surface area contributed by atoms with Crippen LogP contribution in [0.4, 0.5) is 0 Å². The molecule has 0 amide bonds. The molecule has 0 bridgehead atoms. The van der Waals surface area contributed by atoms with Crippen LogP contribution in [0.2, 0.25) is 0 Å². The number of hydrogen-bond acceptors (Lipinski definition) is 0. The Hall–Kier alpha value is 0.430. The average molecular weight is 286 g/mol. The van der Waals surface area contributed by atoms with Crippen LogP contribution in [0.1, 0.15) is 86.0 Å². The molecule has 0 aliphatic carbocycles. The Morgan fingerprint density at radius 2 is 1.11 bits per heavy atom. The van der Waals surface area contributed by atoms with Crippen molar-refractivity contribution in [3.63, 3.8) is 0 Å². The van der Waals surface area contributed by atoms with Gasteiger partial charge in [0.2, 0.25) is 0 Å². The zero-order chi connectivity index (χ0) is 14.5. The first kappa shape index (κ1) is 19.4. The maximum absolute atomic E-state index is 2.44. The fourth-order valence-electron chi connectivity index (χ4n) is 2.90. The Morgan fingerprint density at radius 1 is 0.684 bits per heavy atom. The summed E-state index contributed by atoms with van der Waals surface area (Å²) >= 11 is 0. The summed E-state index contributed by atoms with van der Waals surface area (Å²) in [5.74, 6) is 2.05. The van der Waals surface area contributed by atoms with Crippen LogP contribution in [-0.4, -0.2) is 18.5 Å². The zero-order valence-electron chi connectivity index (χ0n) is 14.4. The highest BCUT2D eigenvalue weighted by Crippen LogP contribution is 2.42. The third-order valence-corrected chi connectivity index (χ3v) is 7.53. The molecule has 0 nitrogen and oxygen atoms in total. The van der Waals surface area contributed by atoms with E-state index in [9.17, 15) is 0 Å². The van der Waals surface area contributed by atoms with Crippen LogP contribution in [0.3, 0.4) is 0 Å². The van der Waals surface area contributed by atoms with Gasteiger partial charge in [-0.2, -0.15) is 0 Å². The molecule has 0 aromatic heterocycles. The summed E-state index contributed by atoms with van der Waals surface area (Å²) in [5.41, 5.74) is 0. The van der Waals surface area contributed by atoms with E-state index in [0.717, 1.165) is 11.8 Å². The third-order valence-electron chi connectivity index (χ3n) is 4.57. The first-order chi connectivity index (χ1) is 9.21. The lowest BCUT2D eigenvalue weighted by Gasteiger charge is -2.26. The third kappa shape index (κ3) is 9.89. The molecule has 19 heavy (non-hydrogen) atoms. The normalized spacial score (nSPS) is 16.3. The van der Waals surface area contributed by atoms with Crippen LogP contribution in [0.5, 0.6) is 0 Å². The highest BCUT2D eigenvalue weighted by atomic mass is 31.1. The molecule has 116 valence electrons. The van der Waals surface area contributed by atoms with E-state index >= 15 is 0 Å². The van der Waals surface area contributed by atoms with Crippen molar-refractivity contribution in [2.24, 2.45) is 11.8 Å². The van der Waals surface area contributed by atoms with Gasteiger partial charge in [0.15, 0.2) is 0 Å². The van der Waals surface area contributed by atoms with Crippen LogP contribution in [-0.2, 0) is 0 Å². The van der Waals surface area contributed by atoms with E-state index in [4.69, 9.17) is 0 Å². The van der Waals surface area contributed by atoms with Crippen molar-refractivity contribution in [1.29, 1.82) is 0 Å². The van der Waals surface area contributed by atoms with Gasteiger partial charge in [0, 0.05) is 0 Å².